The van der Waals surface area contributed by atoms with Gasteiger partial charge in [-0.25, -0.2) is 0 Å². The van der Waals surface area contributed by atoms with E-state index in [0.717, 1.165) is 25.7 Å². The lowest BCUT2D eigenvalue weighted by Crippen LogP contribution is -2.22. The van der Waals surface area contributed by atoms with Crippen molar-refractivity contribution in [1.82, 2.24) is 5.32 Å². The molecule has 1 rings (SSSR count). The van der Waals surface area contributed by atoms with Crippen LogP contribution in [0.3, 0.4) is 0 Å². The predicted molar refractivity (Wildman–Crippen MR) is 36.4 cm³/mol. The first-order chi connectivity index (χ1) is 4.83. The van der Waals surface area contributed by atoms with Crippen molar-refractivity contribution in [2.24, 2.45) is 5.92 Å². The highest BCUT2D eigenvalue weighted by Gasteiger charge is 2.15. The molecule has 0 aromatic carbocycles. The molecule has 0 aromatic heterocycles. The van der Waals surface area contributed by atoms with Crippen molar-refractivity contribution in [2.75, 3.05) is 6.54 Å². The molecule has 0 radical (unpaired) electrons. The summed E-state index contributed by atoms with van der Waals surface area (Å²) in [6, 6.07) is 0. The van der Waals surface area contributed by atoms with Gasteiger partial charge in [0.2, 0.25) is 5.91 Å². The third-order valence-corrected chi connectivity index (χ3v) is 1.71. The van der Waals surface area contributed by atoms with Crippen LogP contribution in [-0.2, 0) is 9.59 Å². The Hall–Kier alpha value is -0.860. The quantitative estimate of drug-likeness (QED) is 0.526. The molecule has 1 fully saturated rings. The summed E-state index contributed by atoms with van der Waals surface area (Å²) in [4.78, 5) is 21.1. The van der Waals surface area contributed by atoms with Gasteiger partial charge >= 0.3 is 0 Å². The van der Waals surface area contributed by atoms with Gasteiger partial charge < -0.3 is 10.1 Å². The minimum Gasteiger partial charge on any atom is -0.356 e. The number of nitrogens with one attached hydrogen (secondary N) is 1. The van der Waals surface area contributed by atoms with Crippen LogP contribution < -0.4 is 5.32 Å². The third-order valence-electron chi connectivity index (χ3n) is 1.71. The fraction of sp³-hybridized carbons (Fsp3) is 0.714. The minimum atomic E-state index is -0.0394. The Kier molecular flexibility index (Phi) is 2.42. The molecule has 3 nitrogen and oxygen atoms in total. The maximum atomic E-state index is 10.8. The lowest BCUT2D eigenvalue weighted by molar-refractivity contribution is -0.123. The van der Waals surface area contributed by atoms with Gasteiger partial charge in [-0.3, -0.25) is 4.79 Å². The first-order valence-corrected chi connectivity index (χ1v) is 3.55. The monoisotopic (exact) mass is 141 g/mol. The topological polar surface area (TPSA) is 46.2 Å². The van der Waals surface area contributed by atoms with Crippen molar-refractivity contribution in [3.63, 3.8) is 0 Å². The standard InChI is InChI=1S/C7H11NO2/c9-5-6-2-1-3-8-7(10)4-6/h5-6H,1-4H2,(H,8,10). The molecule has 1 aliphatic heterocycles. The van der Waals surface area contributed by atoms with Gasteiger partial charge in [0.15, 0.2) is 0 Å². The van der Waals surface area contributed by atoms with Crippen LogP contribution in [0.15, 0.2) is 0 Å². The predicted octanol–water partition coefficient (Wildman–Crippen LogP) is 0.102. The van der Waals surface area contributed by atoms with E-state index in [1.165, 1.54) is 0 Å². The van der Waals surface area contributed by atoms with Crippen LogP contribution in [-0.4, -0.2) is 18.7 Å². The molecule has 0 aromatic rings. The van der Waals surface area contributed by atoms with Crippen LogP contribution in [0.4, 0.5) is 0 Å². The number of carbonyl (C=O) groups is 2. The Balaban J connectivity index is 2.45. The molecule has 3 heteroatoms. The van der Waals surface area contributed by atoms with Gasteiger partial charge in [-0.2, -0.15) is 0 Å². The van der Waals surface area contributed by atoms with Crippen LogP contribution in [0.1, 0.15) is 19.3 Å². The van der Waals surface area contributed by atoms with Gasteiger partial charge in [-0.05, 0) is 12.8 Å². The maximum absolute atomic E-state index is 10.8. The third kappa shape index (κ3) is 1.83. The highest BCUT2D eigenvalue weighted by molar-refractivity contribution is 5.79. The van der Waals surface area contributed by atoms with Gasteiger partial charge in [0.1, 0.15) is 6.29 Å². The Morgan fingerprint density at radius 3 is 3.10 bits per heavy atom. The molecule has 0 spiro atoms. The van der Waals surface area contributed by atoms with Gasteiger partial charge in [0, 0.05) is 18.9 Å². The maximum Gasteiger partial charge on any atom is 0.220 e. The normalized spacial score (nSPS) is 26.8. The van der Waals surface area contributed by atoms with E-state index in [1.54, 1.807) is 0 Å². The summed E-state index contributed by atoms with van der Waals surface area (Å²) in [5.74, 6) is -0.0305. The second-order valence-corrected chi connectivity index (χ2v) is 2.59. The van der Waals surface area contributed by atoms with E-state index in [0.29, 0.717) is 6.42 Å². The van der Waals surface area contributed by atoms with E-state index in [1.807, 2.05) is 0 Å². The average molecular weight is 141 g/mol. The zero-order valence-electron chi connectivity index (χ0n) is 5.80. The zero-order valence-corrected chi connectivity index (χ0v) is 5.80. The van der Waals surface area contributed by atoms with Crippen molar-refractivity contribution in [1.29, 1.82) is 0 Å². The van der Waals surface area contributed by atoms with Crippen molar-refractivity contribution >= 4 is 12.2 Å². The van der Waals surface area contributed by atoms with Crippen LogP contribution >= 0.6 is 0 Å². The summed E-state index contributed by atoms with van der Waals surface area (Å²) >= 11 is 0. The van der Waals surface area contributed by atoms with Gasteiger partial charge in [-0.15, -0.1) is 0 Å². The summed E-state index contributed by atoms with van der Waals surface area (Å²) in [5.41, 5.74) is 0. The summed E-state index contributed by atoms with van der Waals surface area (Å²) in [6.45, 7) is 0.725. The van der Waals surface area contributed by atoms with Crippen molar-refractivity contribution in [3.8, 4) is 0 Å². The lowest BCUT2D eigenvalue weighted by atomic mass is 10.0. The number of amides is 1. The molecule has 0 saturated carbocycles. The molecule has 1 N–H and O–H groups in total. The second-order valence-electron chi connectivity index (χ2n) is 2.59. The summed E-state index contributed by atoms with van der Waals surface area (Å²) in [5, 5.41) is 2.71. The Morgan fingerprint density at radius 1 is 1.60 bits per heavy atom. The van der Waals surface area contributed by atoms with E-state index in [4.69, 9.17) is 0 Å². The summed E-state index contributed by atoms with van der Waals surface area (Å²) in [6.07, 6.45) is 3.03. The molecular formula is C7H11NO2. The fourth-order valence-corrected chi connectivity index (χ4v) is 1.12. The minimum absolute atomic E-state index is 0.00889. The molecule has 56 valence electrons. The smallest absolute Gasteiger partial charge is 0.220 e. The summed E-state index contributed by atoms with van der Waals surface area (Å²) < 4.78 is 0. The van der Waals surface area contributed by atoms with E-state index in [2.05, 4.69) is 5.32 Å². The van der Waals surface area contributed by atoms with E-state index in [-0.39, 0.29) is 11.8 Å². The fourth-order valence-electron chi connectivity index (χ4n) is 1.12. The molecule has 1 unspecified atom stereocenters. The summed E-state index contributed by atoms with van der Waals surface area (Å²) in [7, 11) is 0. The van der Waals surface area contributed by atoms with E-state index >= 15 is 0 Å². The number of hydrogen-bond acceptors (Lipinski definition) is 2. The SMILES string of the molecule is O=CC1CCCNC(=O)C1. The highest BCUT2D eigenvalue weighted by Crippen LogP contribution is 2.10. The molecule has 0 aliphatic carbocycles. The molecule has 10 heavy (non-hydrogen) atoms. The van der Waals surface area contributed by atoms with Crippen LogP contribution in [0.25, 0.3) is 0 Å². The molecular weight excluding hydrogens is 130 g/mol. The first kappa shape index (κ1) is 7.25. The Labute approximate surface area is 59.8 Å². The van der Waals surface area contributed by atoms with Crippen LogP contribution in [0, 0.1) is 5.92 Å². The zero-order chi connectivity index (χ0) is 7.40. The molecule has 1 amide bonds. The van der Waals surface area contributed by atoms with Gasteiger partial charge in [0.25, 0.3) is 0 Å². The van der Waals surface area contributed by atoms with Crippen molar-refractivity contribution < 1.29 is 9.59 Å². The number of hydrogen-bond donors (Lipinski definition) is 1. The van der Waals surface area contributed by atoms with Crippen molar-refractivity contribution in [3.05, 3.63) is 0 Å². The lowest BCUT2D eigenvalue weighted by Gasteiger charge is -2.00. The van der Waals surface area contributed by atoms with E-state index in [9.17, 15) is 9.59 Å². The first-order valence-electron chi connectivity index (χ1n) is 3.55. The molecule has 1 aliphatic rings. The van der Waals surface area contributed by atoms with Crippen molar-refractivity contribution in [2.45, 2.75) is 19.3 Å². The van der Waals surface area contributed by atoms with Gasteiger partial charge in [-0.1, -0.05) is 0 Å². The number of aldehydes is 1. The Morgan fingerprint density at radius 2 is 2.40 bits per heavy atom. The molecule has 1 heterocycles. The highest BCUT2D eigenvalue weighted by atomic mass is 16.1. The molecule has 1 atom stereocenters. The van der Waals surface area contributed by atoms with Crippen LogP contribution in [0.5, 0.6) is 0 Å². The number of carbonyl (C=O) groups excluding carboxylic acids is 2. The molecule has 0 bridgehead atoms. The average Bonchev–Trinajstić information content (AvgIpc) is 2.13. The number of rotatable bonds is 1. The molecule has 1 saturated heterocycles. The van der Waals surface area contributed by atoms with E-state index < -0.39 is 0 Å². The van der Waals surface area contributed by atoms with Gasteiger partial charge in [0.05, 0.1) is 0 Å². The second kappa shape index (κ2) is 3.34. The largest absolute Gasteiger partial charge is 0.356 e. The van der Waals surface area contributed by atoms with Crippen LogP contribution in [0.2, 0.25) is 0 Å². The Bertz CT molecular complexity index is 145.